The Morgan fingerprint density at radius 2 is 2.06 bits per heavy atom. The zero-order valence-corrected chi connectivity index (χ0v) is 11.4. The molecule has 0 N–H and O–H groups in total. The number of carbonyl (C=O) groups excluding carboxylic acids is 1. The number of esters is 1. The van der Waals surface area contributed by atoms with Gasteiger partial charge in [-0.25, -0.2) is 14.8 Å². The normalized spacial score (nSPS) is 10.7. The second kappa shape index (κ2) is 7.06. The third-order valence-corrected chi connectivity index (χ3v) is 2.35. The molecule has 0 aliphatic rings. The van der Waals surface area contributed by atoms with Crippen molar-refractivity contribution >= 4 is 5.97 Å². The molecular weight excluding hydrogens is 232 g/mol. The topological polar surface area (TPSA) is 61.3 Å². The van der Waals surface area contributed by atoms with Gasteiger partial charge >= 0.3 is 5.97 Å². The minimum absolute atomic E-state index is 0.132. The van der Waals surface area contributed by atoms with Gasteiger partial charge in [0.2, 0.25) is 0 Å². The van der Waals surface area contributed by atoms with Crippen LogP contribution in [-0.2, 0) is 16.1 Å². The molecule has 0 spiro atoms. The molecule has 0 aliphatic carbocycles. The maximum atomic E-state index is 11.8. The fourth-order valence-electron chi connectivity index (χ4n) is 1.50. The molecule has 1 aromatic rings. The van der Waals surface area contributed by atoms with Gasteiger partial charge in [-0.3, -0.25) is 0 Å². The van der Waals surface area contributed by atoms with Crippen molar-refractivity contribution in [2.45, 2.75) is 40.2 Å². The summed E-state index contributed by atoms with van der Waals surface area (Å²) in [6.45, 7) is 8.97. The first-order valence-electron chi connectivity index (χ1n) is 6.20. The average Bonchev–Trinajstić information content (AvgIpc) is 2.36. The van der Waals surface area contributed by atoms with E-state index in [1.165, 1.54) is 6.20 Å². The lowest BCUT2D eigenvalue weighted by Gasteiger charge is -2.12. The molecule has 18 heavy (non-hydrogen) atoms. The first-order valence-corrected chi connectivity index (χ1v) is 6.20. The zero-order valence-electron chi connectivity index (χ0n) is 11.4. The van der Waals surface area contributed by atoms with Crippen LogP contribution >= 0.6 is 0 Å². The smallest absolute Gasteiger partial charge is 0.341 e. The summed E-state index contributed by atoms with van der Waals surface area (Å²) in [6.07, 6.45) is 1.52. The summed E-state index contributed by atoms with van der Waals surface area (Å²) in [5, 5.41) is 0. The van der Waals surface area contributed by atoms with Gasteiger partial charge in [-0.15, -0.1) is 0 Å². The molecular formula is C13H20N2O3. The van der Waals surface area contributed by atoms with Crippen LogP contribution in [0.2, 0.25) is 0 Å². The number of nitrogens with zero attached hydrogens (tertiary/aromatic N) is 2. The largest absolute Gasteiger partial charge is 0.462 e. The summed E-state index contributed by atoms with van der Waals surface area (Å²) < 4.78 is 10.3. The molecule has 0 bridgehead atoms. The quantitative estimate of drug-likeness (QED) is 0.727. The molecule has 100 valence electrons. The van der Waals surface area contributed by atoms with Gasteiger partial charge < -0.3 is 9.47 Å². The number of rotatable bonds is 6. The van der Waals surface area contributed by atoms with Crippen molar-refractivity contribution in [1.29, 1.82) is 0 Å². The molecule has 0 amide bonds. The van der Waals surface area contributed by atoms with Crippen molar-refractivity contribution < 1.29 is 14.3 Å². The molecule has 0 saturated heterocycles. The Hall–Kier alpha value is -1.49. The van der Waals surface area contributed by atoms with Crippen molar-refractivity contribution in [3.8, 4) is 0 Å². The van der Waals surface area contributed by atoms with Crippen LogP contribution in [0.5, 0.6) is 0 Å². The minimum Gasteiger partial charge on any atom is -0.462 e. The lowest BCUT2D eigenvalue weighted by atomic mass is 10.1. The van der Waals surface area contributed by atoms with E-state index in [-0.39, 0.29) is 11.9 Å². The van der Waals surface area contributed by atoms with Crippen LogP contribution in [0.15, 0.2) is 6.20 Å². The second-order valence-corrected chi connectivity index (χ2v) is 4.10. The van der Waals surface area contributed by atoms with Crippen LogP contribution in [0.3, 0.4) is 0 Å². The summed E-state index contributed by atoms with van der Waals surface area (Å²) in [6, 6.07) is 0. The first kappa shape index (κ1) is 14.6. The third-order valence-electron chi connectivity index (χ3n) is 2.35. The molecule has 0 fully saturated rings. The van der Waals surface area contributed by atoms with Crippen LogP contribution < -0.4 is 0 Å². The Bertz CT molecular complexity index is 405. The van der Waals surface area contributed by atoms with E-state index in [9.17, 15) is 4.79 Å². The van der Waals surface area contributed by atoms with Gasteiger partial charge in [0.15, 0.2) is 5.82 Å². The van der Waals surface area contributed by atoms with Crippen molar-refractivity contribution in [1.82, 2.24) is 9.97 Å². The molecule has 0 unspecified atom stereocenters. The molecule has 0 aromatic carbocycles. The molecule has 0 saturated carbocycles. The van der Waals surface area contributed by atoms with E-state index in [0.717, 1.165) is 0 Å². The number of carbonyl (C=O) groups is 1. The van der Waals surface area contributed by atoms with E-state index in [1.54, 1.807) is 6.92 Å². The van der Waals surface area contributed by atoms with Crippen LogP contribution in [0.1, 0.15) is 55.5 Å². The highest BCUT2D eigenvalue weighted by Crippen LogP contribution is 2.17. The van der Waals surface area contributed by atoms with Gasteiger partial charge in [0, 0.05) is 12.8 Å². The van der Waals surface area contributed by atoms with Crippen molar-refractivity contribution in [2.24, 2.45) is 0 Å². The molecule has 5 nitrogen and oxygen atoms in total. The van der Waals surface area contributed by atoms with E-state index in [2.05, 4.69) is 9.97 Å². The molecule has 1 heterocycles. The van der Waals surface area contributed by atoms with Crippen LogP contribution in [0.4, 0.5) is 0 Å². The van der Waals surface area contributed by atoms with Gasteiger partial charge in [-0.05, 0) is 19.8 Å². The number of ether oxygens (including phenoxy) is 2. The molecule has 0 aliphatic heterocycles. The summed E-state index contributed by atoms with van der Waals surface area (Å²) in [5.41, 5.74) is 1.14. The van der Waals surface area contributed by atoms with Crippen molar-refractivity contribution in [2.75, 3.05) is 13.2 Å². The maximum absolute atomic E-state index is 11.8. The molecule has 0 radical (unpaired) electrons. The van der Waals surface area contributed by atoms with Gasteiger partial charge in [-0.1, -0.05) is 13.8 Å². The standard InChI is InChI=1S/C13H20N2O3/c1-5-17-8-11-14-7-10(13(16)18-6-2)12(15-11)9(3)4/h7,9H,5-6,8H2,1-4H3. The zero-order chi connectivity index (χ0) is 13.5. The van der Waals surface area contributed by atoms with Gasteiger partial charge in [-0.2, -0.15) is 0 Å². The highest BCUT2D eigenvalue weighted by atomic mass is 16.5. The Morgan fingerprint density at radius 1 is 1.33 bits per heavy atom. The molecule has 1 rings (SSSR count). The number of aromatic nitrogens is 2. The summed E-state index contributed by atoms with van der Waals surface area (Å²) in [7, 11) is 0. The van der Waals surface area contributed by atoms with Crippen LogP contribution in [0.25, 0.3) is 0 Å². The number of hydrogen-bond donors (Lipinski definition) is 0. The van der Waals surface area contributed by atoms with Crippen molar-refractivity contribution in [3.63, 3.8) is 0 Å². The Labute approximate surface area is 108 Å². The highest BCUT2D eigenvalue weighted by molar-refractivity contribution is 5.90. The van der Waals surface area contributed by atoms with E-state index in [0.29, 0.717) is 36.9 Å². The highest BCUT2D eigenvalue weighted by Gasteiger charge is 2.17. The first-order chi connectivity index (χ1) is 8.60. The lowest BCUT2D eigenvalue weighted by Crippen LogP contribution is -2.13. The summed E-state index contributed by atoms with van der Waals surface area (Å²) >= 11 is 0. The SMILES string of the molecule is CCOCc1ncc(C(=O)OCC)c(C(C)C)n1. The van der Waals surface area contributed by atoms with E-state index in [4.69, 9.17) is 9.47 Å². The maximum Gasteiger partial charge on any atom is 0.341 e. The Kier molecular flexibility index (Phi) is 5.71. The third kappa shape index (κ3) is 3.77. The lowest BCUT2D eigenvalue weighted by molar-refractivity contribution is 0.0523. The fourth-order valence-corrected chi connectivity index (χ4v) is 1.50. The molecule has 1 aromatic heterocycles. The predicted molar refractivity (Wildman–Crippen MR) is 67.4 cm³/mol. The van der Waals surface area contributed by atoms with Gasteiger partial charge in [0.25, 0.3) is 0 Å². The Balaban J connectivity index is 3.00. The monoisotopic (exact) mass is 252 g/mol. The van der Waals surface area contributed by atoms with Gasteiger partial charge in [0.05, 0.1) is 17.9 Å². The second-order valence-electron chi connectivity index (χ2n) is 4.10. The van der Waals surface area contributed by atoms with Crippen LogP contribution in [0, 0.1) is 0 Å². The summed E-state index contributed by atoms with van der Waals surface area (Å²) in [5.74, 6) is 0.352. The minimum atomic E-state index is -0.371. The number of hydrogen-bond acceptors (Lipinski definition) is 5. The average molecular weight is 252 g/mol. The van der Waals surface area contributed by atoms with E-state index in [1.807, 2.05) is 20.8 Å². The van der Waals surface area contributed by atoms with Gasteiger partial charge in [0.1, 0.15) is 6.61 Å². The van der Waals surface area contributed by atoms with E-state index >= 15 is 0 Å². The van der Waals surface area contributed by atoms with Crippen molar-refractivity contribution in [3.05, 3.63) is 23.3 Å². The summed E-state index contributed by atoms with van der Waals surface area (Å²) in [4.78, 5) is 20.3. The predicted octanol–water partition coefficient (Wildman–Crippen LogP) is 2.31. The Morgan fingerprint density at radius 3 is 2.61 bits per heavy atom. The molecule has 5 heteroatoms. The van der Waals surface area contributed by atoms with Crippen LogP contribution in [-0.4, -0.2) is 29.2 Å². The fraction of sp³-hybridized carbons (Fsp3) is 0.615. The molecule has 0 atom stereocenters. The van der Waals surface area contributed by atoms with E-state index < -0.39 is 0 Å².